The quantitative estimate of drug-likeness (QED) is 0.825. The molecule has 0 bridgehead atoms. The summed E-state index contributed by atoms with van der Waals surface area (Å²) in [6.07, 6.45) is 3.52. The number of anilines is 1. The zero-order valence-corrected chi connectivity index (χ0v) is 12.3. The van der Waals surface area contributed by atoms with E-state index in [1.165, 1.54) is 23.4 Å². The number of aryl methyl sites for hydroxylation is 2. The second kappa shape index (κ2) is 5.24. The highest BCUT2D eigenvalue weighted by atomic mass is 15.3. The summed E-state index contributed by atoms with van der Waals surface area (Å²) in [5, 5.41) is 15.1. The largest absolute Gasteiger partial charge is 0.346 e. The van der Waals surface area contributed by atoms with Crippen LogP contribution in [0.15, 0.2) is 0 Å². The van der Waals surface area contributed by atoms with Crippen LogP contribution in [0.25, 0.3) is 0 Å². The number of fused-ring (bicyclic) bond motifs is 1. The fourth-order valence-electron chi connectivity index (χ4n) is 2.67. The van der Waals surface area contributed by atoms with E-state index in [1.54, 1.807) is 0 Å². The van der Waals surface area contributed by atoms with Crippen molar-refractivity contribution in [3.63, 3.8) is 0 Å². The molecule has 2 heterocycles. The minimum absolute atomic E-state index is 0.681. The van der Waals surface area contributed by atoms with Gasteiger partial charge < -0.3 is 10.2 Å². The normalized spacial score (nSPS) is 13.8. The van der Waals surface area contributed by atoms with E-state index in [1.807, 2.05) is 30.7 Å². The van der Waals surface area contributed by atoms with Gasteiger partial charge in [-0.15, -0.1) is 5.10 Å². The van der Waals surface area contributed by atoms with Crippen LogP contribution in [0.3, 0.4) is 0 Å². The Bertz CT molecular complexity index is 596. The van der Waals surface area contributed by atoms with Gasteiger partial charge in [0.15, 0.2) is 0 Å². The predicted octanol–water partition coefficient (Wildman–Crippen LogP) is 0.383. The zero-order chi connectivity index (χ0) is 14.1. The van der Waals surface area contributed by atoms with E-state index >= 15 is 0 Å². The van der Waals surface area contributed by atoms with Gasteiger partial charge in [0.2, 0.25) is 5.95 Å². The third-order valence-electron chi connectivity index (χ3n) is 3.70. The van der Waals surface area contributed by atoms with Crippen molar-refractivity contribution in [2.24, 2.45) is 7.05 Å². The van der Waals surface area contributed by atoms with Crippen LogP contribution < -0.4 is 10.2 Å². The van der Waals surface area contributed by atoms with Gasteiger partial charge in [0, 0.05) is 27.7 Å². The number of nitrogens with zero attached hydrogens (tertiary/aromatic N) is 5. The molecule has 0 atom stereocenters. The molecule has 7 nitrogen and oxygen atoms in total. The maximum Gasteiger partial charge on any atom is 0.244 e. The predicted molar refractivity (Wildman–Crippen MR) is 76.5 cm³/mol. The molecule has 0 radical (unpaired) electrons. The smallest absolute Gasteiger partial charge is 0.244 e. The van der Waals surface area contributed by atoms with Crippen LogP contribution in [-0.2, 0) is 33.0 Å². The Morgan fingerprint density at radius 3 is 2.90 bits per heavy atom. The zero-order valence-electron chi connectivity index (χ0n) is 12.3. The van der Waals surface area contributed by atoms with E-state index in [-0.39, 0.29) is 0 Å². The molecule has 7 heteroatoms. The number of H-pyrrole nitrogens is 1. The monoisotopic (exact) mass is 275 g/mol. The van der Waals surface area contributed by atoms with E-state index < -0.39 is 0 Å². The second-order valence-corrected chi connectivity index (χ2v) is 5.43. The van der Waals surface area contributed by atoms with Crippen molar-refractivity contribution < 1.29 is 0 Å². The molecular weight excluding hydrogens is 254 g/mol. The fourth-order valence-corrected chi connectivity index (χ4v) is 2.67. The van der Waals surface area contributed by atoms with Crippen LogP contribution in [0.4, 0.5) is 5.95 Å². The van der Waals surface area contributed by atoms with Crippen LogP contribution in [0.1, 0.15) is 29.2 Å². The van der Waals surface area contributed by atoms with Gasteiger partial charge in [-0.25, -0.2) is 0 Å². The molecule has 0 spiro atoms. The van der Waals surface area contributed by atoms with Gasteiger partial charge >= 0.3 is 0 Å². The summed E-state index contributed by atoms with van der Waals surface area (Å²) >= 11 is 0. The minimum Gasteiger partial charge on any atom is -0.346 e. The summed E-state index contributed by atoms with van der Waals surface area (Å²) in [7, 11) is 5.88. The van der Waals surface area contributed by atoms with E-state index in [0.717, 1.165) is 25.2 Å². The molecule has 1 aliphatic rings. The van der Waals surface area contributed by atoms with E-state index in [9.17, 15) is 0 Å². The lowest BCUT2D eigenvalue weighted by Crippen LogP contribution is -2.17. The van der Waals surface area contributed by atoms with Crippen molar-refractivity contribution in [1.82, 2.24) is 30.3 Å². The third kappa shape index (κ3) is 2.40. The van der Waals surface area contributed by atoms with Crippen molar-refractivity contribution in [2.45, 2.75) is 32.4 Å². The molecule has 2 aromatic rings. The highest BCUT2D eigenvalue weighted by molar-refractivity contribution is 5.30. The lowest BCUT2D eigenvalue weighted by atomic mass is 10.2. The van der Waals surface area contributed by atoms with Crippen molar-refractivity contribution in [3.8, 4) is 0 Å². The van der Waals surface area contributed by atoms with Gasteiger partial charge in [-0.3, -0.25) is 9.78 Å². The minimum atomic E-state index is 0.681. The molecule has 0 aliphatic heterocycles. The second-order valence-electron chi connectivity index (χ2n) is 5.43. The topological polar surface area (TPSA) is 74.7 Å². The molecule has 1 aliphatic carbocycles. The standard InChI is InChI=1S/C13H21N7/c1-19(2)13-15-12(16-17-13)8-14-7-11-9-5-4-6-10(9)18-20(11)3/h14H,4-8H2,1-3H3,(H,15,16,17). The van der Waals surface area contributed by atoms with Gasteiger partial charge in [0.05, 0.1) is 17.9 Å². The first kappa shape index (κ1) is 13.1. The Morgan fingerprint density at radius 2 is 2.15 bits per heavy atom. The highest BCUT2D eigenvalue weighted by Crippen LogP contribution is 2.24. The van der Waals surface area contributed by atoms with Crippen LogP contribution >= 0.6 is 0 Å². The number of hydrogen-bond acceptors (Lipinski definition) is 5. The van der Waals surface area contributed by atoms with E-state index in [4.69, 9.17) is 0 Å². The Balaban J connectivity index is 1.60. The lowest BCUT2D eigenvalue weighted by molar-refractivity contribution is 0.602. The van der Waals surface area contributed by atoms with Gasteiger partial charge in [-0.1, -0.05) is 0 Å². The molecule has 2 aromatic heterocycles. The Kier molecular flexibility index (Phi) is 3.43. The third-order valence-corrected chi connectivity index (χ3v) is 3.70. The van der Waals surface area contributed by atoms with Gasteiger partial charge in [0.1, 0.15) is 5.82 Å². The van der Waals surface area contributed by atoms with E-state index in [2.05, 4.69) is 25.6 Å². The summed E-state index contributed by atoms with van der Waals surface area (Å²) in [5.74, 6) is 1.57. The first-order chi connectivity index (χ1) is 9.65. The van der Waals surface area contributed by atoms with Crippen molar-refractivity contribution in [3.05, 3.63) is 22.8 Å². The molecule has 2 N–H and O–H groups in total. The van der Waals surface area contributed by atoms with Gasteiger partial charge in [-0.05, 0) is 24.8 Å². The number of aromatic amines is 1. The summed E-state index contributed by atoms with van der Waals surface area (Å²) in [4.78, 5) is 6.28. The molecule has 3 rings (SSSR count). The molecule has 0 unspecified atom stereocenters. The molecule has 108 valence electrons. The average Bonchev–Trinajstić information content (AvgIpc) is 3.07. The van der Waals surface area contributed by atoms with E-state index in [0.29, 0.717) is 12.5 Å². The number of nitrogens with one attached hydrogen (secondary N) is 2. The maximum atomic E-state index is 4.58. The SMILES string of the molecule is CN(C)c1n[nH]c(CNCc2c3c(nn2C)CCC3)n1. The van der Waals surface area contributed by atoms with Crippen molar-refractivity contribution >= 4 is 5.95 Å². The molecule has 0 amide bonds. The van der Waals surface area contributed by atoms with Crippen molar-refractivity contribution in [1.29, 1.82) is 0 Å². The van der Waals surface area contributed by atoms with Gasteiger partial charge in [-0.2, -0.15) is 10.1 Å². The Morgan fingerprint density at radius 1 is 1.30 bits per heavy atom. The maximum absolute atomic E-state index is 4.58. The van der Waals surface area contributed by atoms with Crippen molar-refractivity contribution in [2.75, 3.05) is 19.0 Å². The number of aromatic nitrogens is 5. The number of hydrogen-bond donors (Lipinski definition) is 2. The Labute approximate surface area is 118 Å². The first-order valence-corrected chi connectivity index (χ1v) is 6.98. The summed E-state index contributed by atoms with van der Waals surface area (Å²) in [6.45, 7) is 1.50. The highest BCUT2D eigenvalue weighted by Gasteiger charge is 2.20. The molecular formula is C13H21N7. The summed E-state index contributed by atoms with van der Waals surface area (Å²) < 4.78 is 2.00. The average molecular weight is 275 g/mol. The molecule has 0 fully saturated rings. The van der Waals surface area contributed by atoms with Gasteiger partial charge in [0.25, 0.3) is 0 Å². The fraction of sp³-hybridized carbons (Fsp3) is 0.615. The Hall–Kier alpha value is -1.89. The lowest BCUT2D eigenvalue weighted by Gasteiger charge is -2.06. The van der Waals surface area contributed by atoms with Crippen LogP contribution in [0.5, 0.6) is 0 Å². The molecule has 0 saturated heterocycles. The number of rotatable bonds is 5. The first-order valence-electron chi connectivity index (χ1n) is 6.98. The summed E-state index contributed by atoms with van der Waals surface area (Å²) in [5.41, 5.74) is 4.01. The van der Waals surface area contributed by atoms with Crippen LogP contribution in [-0.4, -0.2) is 39.1 Å². The van der Waals surface area contributed by atoms with Crippen LogP contribution in [0, 0.1) is 0 Å². The molecule has 20 heavy (non-hydrogen) atoms. The molecule has 0 aromatic carbocycles. The molecule has 0 saturated carbocycles. The summed E-state index contributed by atoms with van der Waals surface area (Å²) in [6, 6.07) is 0. The van der Waals surface area contributed by atoms with Crippen LogP contribution in [0.2, 0.25) is 0 Å².